The molecule has 0 saturated heterocycles. The van der Waals surface area contributed by atoms with Crippen LogP contribution in [0.5, 0.6) is 0 Å². The molecule has 0 spiro atoms. The molecule has 1 heterocycles. The molecule has 8 heavy (non-hydrogen) atoms. The topological polar surface area (TPSA) is 17.8 Å². The number of rotatable bonds is 1. The first-order chi connectivity index (χ1) is 3.84. The Morgan fingerprint density at radius 2 is 2.62 bits per heavy atom. The van der Waals surface area contributed by atoms with Gasteiger partial charge in [0.25, 0.3) is 0 Å². The molecule has 1 rings (SSSR count). The molecular formula is C5H7BrN2. The zero-order valence-corrected chi connectivity index (χ0v) is 6.22. The summed E-state index contributed by atoms with van der Waals surface area (Å²) in [5.41, 5.74) is 1.20. The van der Waals surface area contributed by atoms with E-state index in [4.69, 9.17) is 0 Å². The predicted molar refractivity (Wildman–Crippen MR) is 35.8 cm³/mol. The maximum Gasteiger partial charge on any atom is 0.0492 e. The van der Waals surface area contributed by atoms with Gasteiger partial charge in [0.05, 0.1) is 0 Å². The van der Waals surface area contributed by atoms with Gasteiger partial charge in [-0.15, -0.1) is 0 Å². The molecule has 1 aromatic rings. The summed E-state index contributed by atoms with van der Waals surface area (Å²) in [5.74, 6) is 0. The van der Waals surface area contributed by atoms with Gasteiger partial charge in [0.15, 0.2) is 0 Å². The zero-order valence-electron chi connectivity index (χ0n) is 4.63. The fraction of sp³-hybridized carbons (Fsp3) is 0.400. The molecule has 0 aliphatic rings. The van der Waals surface area contributed by atoms with Crippen LogP contribution < -0.4 is 0 Å². The third-order valence-corrected chi connectivity index (χ3v) is 1.63. The highest BCUT2D eigenvalue weighted by molar-refractivity contribution is 9.08. The van der Waals surface area contributed by atoms with Crippen molar-refractivity contribution in [2.24, 2.45) is 7.05 Å². The molecule has 0 atom stereocenters. The number of aryl methyl sites for hydroxylation is 1. The lowest BCUT2D eigenvalue weighted by molar-refractivity contribution is 0.737. The highest BCUT2D eigenvalue weighted by Gasteiger charge is 1.91. The molecule has 0 aromatic carbocycles. The van der Waals surface area contributed by atoms with Crippen molar-refractivity contribution >= 4 is 15.9 Å². The maximum absolute atomic E-state index is 3.97. The van der Waals surface area contributed by atoms with Gasteiger partial charge in [-0.05, 0) is 6.07 Å². The van der Waals surface area contributed by atoms with Crippen molar-refractivity contribution in [2.75, 3.05) is 0 Å². The van der Waals surface area contributed by atoms with E-state index in [0.29, 0.717) is 0 Å². The molecule has 0 amide bonds. The van der Waals surface area contributed by atoms with Crippen LogP contribution in [0.1, 0.15) is 5.69 Å². The van der Waals surface area contributed by atoms with Crippen LogP contribution in [-0.4, -0.2) is 9.78 Å². The largest absolute Gasteiger partial charge is 0.272 e. The van der Waals surface area contributed by atoms with E-state index in [1.54, 1.807) is 6.20 Å². The Labute approximate surface area is 56.6 Å². The van der Waals surface area contributed by atoms with E-state index in [-0.39, 0.29) is 0 Å². The van der Waals surface area contributed by atoms with Crippen molar-refractivity contribution < 1.29 is 0 Å². The Balaban J connectivity index is 2.92. The van der Waals surface area contributed by atoms with Crippen molar-refractivity contribution in [1.29, 1.82) is 0 Å². The Hall–Kier alpha value is -0.310. The average Bonchev–Trinajstić information content (AvgIpc) is 2.14. The number of hydrogen-bond donors (Lipinski definition) is 0. The standard InChI is InChI=1S/C5H7BrN2/c1-8-5(4-6)2-3-7-8/h2-3H,4H2,1H3. The Morgan fingerprint density at radius 1 is 1.88 bits per heavy atom. The van der Waals surface area contributed by atoms with Gasteiger partial charge in [0.2, 0.25) is 0 Å². The molecule has 0 bridgehead atoms. The van der Waals surface area contributed by atoms with Gasteiger partial charge < -0.3 is 0 Å². The molecule has 0 N–H and O–H groups in total. The summed E-state index contributed by atoms with van der Waals surface area (Å²) in [6.45, 7) is 0. The number of hydrogen-bond acceptors (Lipinski definition) is 1. The summed E-state index contributed by atoms with van der Waals surface area (Å²) in [5, 5.41) is 4.85. The number of halogens is 1. The molecule has 1 aromatic heterocycles. The van der Waals surface area contributed by atoms with E-state index >= 15 is 0 Å². The van der Waals surface area contributed by atoms with Crippen LogP contribution in [0.3, 0.4) is 0 Å². The normalized spacial score (nSPS) is 9.75. The molecule has 44 valence electrons. The Kier molecular flexibility index (Phi) is 1.68. The lowest BCUT2D eigenvalue weighted by atomic mass is 10.5. The van der Waals surface area contributed by atoms with Crippen LogP contribution >= 0.6 is 15.9 Å². The minimum Gasteiger partial charge on any atom is -0.272 e. The SMILES string of the molecule is Cn1nccc1CBr. The quantitative estimate of drug-likeness (QED) is 0.588. The highest BCUT2D eigenvalue weighted by Crippen LogP contribution is 2.00. The summed E-state index contributed by atoms with van der Waals surface area (Å²) >= 11 is 3.33. The van der Waals surface area contributed by atoms with Gasteiger partial charge in [-0.2, -0.15) is 5.10 Å². The molecule has 0 saturated carbocycles. The fourth-order valence-corrected chi connectivity index (χ4v) is 1.08. The molecule has 3 heteroatoms. The highest BCUT2D eigenvalue weighted by atomic mass is 79.9. The van der Waals surface area contributed by atoms with Crippen LogP contribution in [0.25, 0.3) is 0 Å². The van der Waals surface area contributed by atoms with Gasteiger partial charge in [-0.3, -0.25) is 4.68 Å². The van der Waals surface area contributed by atoms with Gasteiger partial charge in [-0.1, -0.05) is 15.9 Å². The first kappa shape index (κ1) is 5.82. The average molecular weight is 175 g/mol. The Bertz CT molecular complexity index is 171. The van der Waals surface area contributed by atoms with Gasteiger partial charge in [0, 0.05) is 24.3 Å². The van der Waals surface area contributed by atoms with Crippen LogP contribution in [0.4, 0.5) is 0 Å². The van der Waals surface area contributed by atoms with Crippen molar-refractivity contribution in [2.45, 2.75) is 5.33 Å². The van der Waals surface area contributed by atoms with Crippen LogP contribution in [-0.2, 0) is 12.4 Å². The minimum absolute atomic E-state index is 0.878. The van der Waals surface area contributed by atoms with Crippen molar-refractivity contribution in [3.05, 3.63) is 18.0 Å². The van der Waals surface area contributed by atoms with Crippen LogP contribution in [0.15, 0.2) is 12.3 Å². The summed E-state index contributed by atoms with van der Waals surface area (Å²) < 4.78 is 1.84. The second-order valence-corrected chi connectivity index (χ2v) is 2.14. The number of alkyl halides is 1. The van der Waals surface area contributed by atoms with Gasteiger partial charge >= 0.3 is 0 Å². The van der Waals surface area contributed by atoms with E-state index < -0.39 is 0 Å². The lowest BCUT2D eigenvalue weighted by Gasteiger charge is -1.91. The summed E-state index contributed by atoms with van der Waals surface area (Å²) in [6.07, 6.45) is 1.79. The molecule has 0 unspecified atom stereocenters. The number of aromatic nitrogens is 2. The molecule has 0 fully saturated rings. The molecule has 0 aliphatic carbocycles. The van der Waals surface area contributed by atoms with Crippen molar-refractivity contribution in [1.82, 2.24) is 9.78 Å². The fourth-order valence-electron chi connectivity index (χ4n) is 0.532. The van der Waals surface area contributed by atoms with E-state index in [0.717, 1.165) is 5.33 Å². The summed E-state index contributed by atoms with van der Waals surface area (Å²) in [6, 6.07) is 1.98. The second-order valence-electron chi connectivity index (χ2n) is 1.58. The maximum atomic E-state index is 3.97. The minimum atomic E-state index is 0.878. The van der Waals surface area contributed by atoms with Gasteiger partial charge in [-0.25, -0.2) is 0 Å². The first-order valence-electron chi connectivity index (χ1n) is 2.37. The lowest BCUT2D eigenvalue weighted by Crippen LogP contribution is -1.93. The molecule has 0 radical (unpaired) electrons. The second kappa shape index (κ2) is 2.31. The van der Waals surface area contributed by atoms with Crippen LogP contribution in [0, 0.1) is 0 Å². The number of nitrogens with zero attached hydrogens (tertiary/aromatic N) is 2. The zero-order chi connectivity index (χ0) is 5.98. The van der Waals surface area contributed by atoms with Gasteiger partial charge in [0.1, 0.15) is 0 Å². The molecule has 0 aliphatic heterocycles. The van der Waals surface area contributed by atoms with Crippen LogP contribution in [0.2, 0.25) is 0 Å². The van der Waals surface area contributed by atoms with E-state index in [2.05, 4.69) is 21.0 Å². The Morgan fingerprint density at radius 3 is 2.88 bits per heavy atom. The molecule has 2 nitrogen and oxygen atoms in total. The monoisotopic (exact) mass is 174 g/mol. The van der Waals surface area contributed by atoms with E-state index in [1.807, 2.05) is 17.8 Å². The van der Waals surface area contributed by atoms with Crippen molar-refractivity contribution in [3.8, 4) is 0 Å². The molecular weight excluding hydrogens is 168 g/mol. The third-order valence-electron chi connectivity index (χ3n) is 1.06. The van der Waals surface area contributed by atoms with Crippen molar-refractivity contribution in [3.63, 3.8) is 0 Å². The smallest absolute Gasteiger partial charge is 0.0492 e. The summed E-state index contributed by atoms with van der Waals surface area (Å²) in [7, 11) is 1.93. The predicted octanol–water partition coefficient (Wildman–Crippen LogP) is 1.31. The first-order valence-corrected chi connectivity index (χ1v) is 3.49. The third kappa shape index (κ3) is 0.916. The van der Waals surface area contributed by atoms with E-state index in [1.165, 1.54) is 5.69 Å². The van der Waals surface area contributed by atoms with E-state index in [9.17, 15) is 0 Å². The summed E-state index contributed by atoms with van der Waals surface area (Å²) in [4.78, 5) is 0.